The summed E-state index contributed by atoms with van der Waals surface area (Å²) in [5.74, 6) is 0.205. The minimum Gasteiger partial charge on any atom is -0.479 e. The molecule has 118 valence electrons. The molecule has 2 aromatic rings. The van der Waals surface area contributed by atoms with E-state index in [0.29, 0.717) is 22.7 Å². The van der Waals surface area contributed by atoms with Crippen molar-refractivity contribution in [2.24, 2.45) is 0 Å². The Bertz CT molecular complexity index is 781. The Morgan fingerprint density at radius 1 is 1.35 bits per heavy atom. The van der Waals surface area contributed by atoms with Gasteiger partial charge in [-0.2, -0.15) is 0 Å². The molecule has 1 aliphatic heterocycles. The molecule has 1 aromatic carbocycles. The number of para-hydroxylation sites is 1. The van der Waals surface area contributed by atoms with E-state index in [1.807, 2.05) is 23.6 Å². The van der Waals surface area contributed by atoms with Gasteiger partial charge in [-0.15, -0.1) is 11.3 Å². The van der Waals surface area contributed by atoms with E-state index < -0.39 is 0 Å². The fraction of sp³-hybridized carbons (Fsp3) is 0.176. The number of amides is 2. The number of rotatable bonds is 3. The highest BCUT2D eigenvalue weighted by Crippen LogP contribution is 2.38. The van der Waals surface area contributed by atoms with Gasteiger partial charge in [0.15, 0.2) is 12.4 Å². The molecule has 0 aliphatic carbocycles. The number of nitrogens with one attached hydrogen (secondary N) is 1. The SMILES string of the molecule is C/C(=C\c1cccs1)C(=O)Nc1cccc2c1OCC(=O)N2C. The van der Waals surface area contributed by atoms with Gasteiger partial charge in [0.05, 0.1) is 11.4 Å². The summed E-state index contributed by atoms with van der Waals surface area (Å²) in [4.78, 5) is 26.6. The quantitative estimate of drug-likeness (QED) is 0.881. The van der Waals surface area contributed by atoms with Crippen molar-refractivity contribution < 1.29 is 14.3 Å². The predicted molar refractivity (Wildman–Crippen MR) is 91.9 cm³/mol. The number of thiophene rings is 1. The molecular formula is C17H16N2O3S. The van der Waals surface area contributed by atoms with Crippen LogP contribution in [0.3, 0.4) is 0 Å². The van der Waals surface area contributed by atoms with E-state index in [2.05, 4.69) is 5.32 Å². The molecule has 0 spiro atoms. The highest BCUT2D eigenvalue weighted by molar-refractivity contribution is 7.10. The average Bonchev–Trinajstić information content (AvgIpc) is 3.04. The lowest BCUT2D eigenvalue weighted by atomic mass is 10.2. The maximum absolute atomic E-state index is 12.4. The molecular weight excluding hydrogens is 312 g/mol. The van der Waals surface area contributed by atoms with E-state index in [9.17, 15) is 9.59 Å². The number of hydrogen-bond acceptors (Lipinski definition) is 4. The number of ether oxygens (including phenoxy) is 1. The van der Waals surface area contributed by atoms with Crippen LogP contribution >= 0.6 is 11.3 Å². The first-order valence-corrected chi connectivity index (χ1v) is 8.00. The fourth-order valence-electron chi connectivity index (χ4n) is 2.28. The van der Waals surface area contributed by atoms with Gasteiger partial charge in [-0.3, -0.25) is 9.59 Å². The summed E-state index contributed by atoms with van der Waals surface area (Å²) in [7, 11) is 1.69. The Morgan fingerprint density at radius 3 is 2.91 bits per heavy atom. The van der Waals surface area contributed by atoms with E-state index in [1.165, 1.54) is 4.90 Å². The summed E-state index contributed by atoms with van der Waals surface area (Å²) in [6.07, 6.45) is 1.84. The molecule has 0 radical (unpaired) electrons. The summed E-state index contributed by atoms with van der Waals surface area (Å²) in [5.41, 5.74) is 1.81. The smallest absolute Gasteiger partial charge is 0.264 e. The molecule has 5 nitrogen and oxygen atoms in total. The third-order valence-electron chi connectivity index (χ3n) is 3.58. The molecule has 3 rings (SSSR count). The van der Waals surface area contributed by atoms with Gasteiger partial charge in [0, 0.05) is 17.5 Å². The molecule has 0 saturated carbocycles. The van der Waals surface area contributed by atoms with Crippen LogP contribution in [-0.2, 0) is 9.59 Å². The highest BCUT2D eigenvalue weighted by atomic mass is 32.1. The second-order valence-electron chi connectivity index (χ2n) is 5.19. The monoisotopic (exact) mass is 328 g/mol. The minimum atomic E-state index is -0.199. The van der Waals surface area contributed by atoms with Crippen LogP contribution in [0, 0.1) is 0 Å². The first kappa shape index (κ1) is 15.3. The van der Waals surface area contributed by atoms with Crippen LogP contribution < -0.4 is 15.0 Å². The van der Waals surface area contributed by atoms with E-state index in [0.717, 1.165) is 4.88 Å². The maximum atomic E-state index is 12.4. The van der Waals surface area contributed by atoms with E-state index in [1.54, 1.807) is 43.5 Å². The van der Waals surface area contributed by atoms with Crippen molar-refractivity contribution in [1.29, 1.82) is 0 Å². The van der Waals surface area contributed by atoms with E-state index >= 15 is 0 Å². The first-order valence-electron chi connectivity index (χ1n) is 7.12. The van der Waals surface area contributed by atoms with Crippen molar-refractivity contribution >= 4 is 40.6 Å². The van der Waals surface area contributed by atoms with Crippen molar-refractivity contribution in [3.8, 4) is 5.75 Å². The highest BCUT2D eigenvalue weighted by Gasteiger charge is 2.25. The van der Waals surface area contributed by atoms with Crippen LogP contribution in [-0.4, -0.2) is 25.5 Å². The van der Waals surface area contributed by atoms with Crippen LogP contribution in [0.1, 0.15) is 11.8 Å². The summed E-state index contributed by atoms with van der Waals surface area (Å²) < 4.78 is 5.50. The van der Waals surface area contributed by atoms with Gasteiger partial charge >= 0.3 is 0 Å². The Hall–Kier alpha value is -2.60. The molecule has 2 amide bonds. The second-order valence-corrected chi connectivity index (χ2v) is 6.17. The van der Waals surface area contributed by atoms with Crippen molar-refractivity contribution in [2.75, 3.05) is 23.9 Å². The molecule has 23 heavy (non-hydrogen) atoms. The van der Waals surface area contributed by atoms with Crippen LogP contribution in [0.5, 0.6) is 5.75 Å². The fourth-order valence-corrected chi connectivity index (χ4v) is 2.99. The third kappa shape index (κ3) is 3.12. The summed E-state index contributed by atoms with van der Waals surface area (Å²) in [6.45, 7) is 1.74. The molecule has 6 heteroatoms. The summed E-state index contributed by atoms with van der Waals surface area (Å²) >= 11 is 1.57. The van der Waals surface area contributed by atoms with Crippen molar-refractivity contribution in [1.82, 2.24) is 0 Å². The number of anilines is 2. The van der Waals surface area contributed by atoms with Gasteiger partial charge in [0.25, 0.3) is 11.8 Å². The minimum absolute atomic E-state index is 0.0274. The number of hydrogen-bond donors (Lipinski definition) is 1. The zero-order chi connectivity index (χ0) is 16.4. The average molecular weight is 328 g/mol. The normalized spacial score (nSPS) is 14.3. The predicted octanol–water partition coefficient (Wildman–Crippen LogP) is 3.15. The number of likely N-dealkylation sites (N-methyl/N-ethyl adjacent to an activating group) is 1. The lowest BCUT2D eigenvalue weighted by Crippen LogP contribution is -2.35. The van der Waals surface area contributed by atoms with Crippen LogP contribution in [0.4, 0.5) is 11.4 Å². The molecule has 0 fully saturated rings. The van der Waals surface area contributed by atoms with Gasteiger partial charge in [0.1, 0.15) is 0 Å². The molecule has 0 unspecified atom stereocenters. The van der Waals surface area contributed by atoms with Gasteiger partial charge < -0.3 is 15.0 Å². The third-order valence-corrected chi connectivity index (χ3v) is 4.40. The first-order chi connectivity index (χ1) is 11.1. The zero-order valence-electron chi connectivity index (χ0n) is 12.8. The molecule has 0 atom stereocenters. The van der Waals surface area contributed by atoms with Crippen LogP contribution in [0.25, 0.3) is 6.08 Å². The molecule has 1 N–H and O–H groups in total. The van der Waals surface area contributed by atoms with Crippen LogP contribution in [0.15, 0.2) is 41.3 Å². The topological polar surface area (TPSA) is 58.6 Å². The lowest BCUT2D eigenvalue weighted by Gasteiger charge is -2.27. The van der Waals surface area contributed by atoms with Crippen LogP contribution in [0.2, 0.25) is 0 Å². The van der Waals surface area contributed by atoms with Gasteiger partial charge in [-0.25, -0.2) is 0 Å². The number of carbonyl (C=O) groups excluding carboxylic acids is 2. The van der Waals surface area contributed by atoms with Crippen molar-refractivity contribution in [3.63, 3.8) is 0 Å². The Kier molecular flexibility index (Phi) is 4.16. The molecule has 0 saturated heterocycles. The van der Waals surface area contributed by atoms with E-state index in [4.69, 9.17) is 4.74 Å². The number of carbonyl (C=O) groups is 2. The van der Waals surface area contributed by atoms with Gasteiger partial charge in [-0.1, -0.05) is 12.1 Å². The molecule has 1 aromatic heterocycles. The van der Waals surface area contributed by atoms with Crippen molar-refractivity contribution in [3.05, 3.63) is 46.2 Å². The van der Waals surface area contributed by atoms with Gasteiger partial charge in [0.2, 0.25) is 0 Å². The molecule has 1 aliphatic rings. The Balaban J connectivity index is 1.84. The number of nitrogens with zero attached hydrogens (tertiary/aromatic N) is 1. The Morgan fingerprint density at radius 2 is 2.17 bits per heavy atom. The molecule has 0 bridgehead atoms. The Labute approximate surface area is 138 Å². The summed E-state index contributed by atoms with van der Waals surface area (Å²) in [6, 6.07) is 9.23. The number of fused-ring (bicyclic) bond motifs is 1. The summed E-state index contributed by atoms with van der Waals surface area (Å²) in [5, 5.41) is 4.82. The maximum Gasteiger partial charge on any atom is 0.264 e. The van der Waals surface area contributed by atoms with Gasteiger partial charge in [-0.05, 0) is 36.6 Å². The lowest BCUT2D eigenvalue weighted by molar-refractivity contribution is -0.120. The zero-order valence-corrected chi connectivity index (χ0v) is 13.6. The molecule has 2 heterocycles. The van der Waals surface area contributed by atoms with Crippen molar-refractivity contribution in [2.45, 2.75) is 6.92 Å². The standard InChI is InChI=1S/C17H16N2O3S/c1-11(9-12-5-4-8-23-12)17(21)18-13-6-3-7-14-16(13)22-10-15(20)19(14)2/h3-9H,10H2,1-2H3,(H,18,21)/b11-9+. The van der Waals surface area contributed by atoms with E-state index in [-0.39, 0.29) is 18.4 Å². The number of benzene rings is 1. The largest absolute Gasteiger partial charge is 0.479 e. The second kappa shape index (κ2) is 6.26.